The third kappa shape index (κ3) is 2.24. The van der Waals surface area contributed by atoms with Crippen LogP contribution in [0.25, 0.3) is 0 Å². The molecule has 0 aliphatic carbocycles. The summed E-state index contributed by atoms with van der Waals surface area (Å²) in [5.74, 6) is 0. The minimum absolute atomic E-state index is 0.185. The lowest BCUT2D eigenvalue weighted by Crippen LogP contribution is -2.30. The van der Waals surface area contributed by atoms with Crippen LogP contribution in [0.5, 0.6) is 0 Å². The Kier molecular flexibility index (Phi) is 2.88. The highest BCUT2D eigenvalue weighted by molar-refractivity contribution is 8.00. The van der Waals surface area contributed by atoms with Crippen LogP contribution in [-0.4, -0.2) is 24.5 Å². The zero-order valence-electron chi connectivity index (χ0n) is 7.35. The monoisotopic (exact) mass is 195 g/mol. The van der Waals surface area contributed by atoms with Gasteiger partial charge in [-0.1, -0.05) is 18.2 Å². The SMILES string of the molecule is NC1COCC1Sc1ccccc1. The summed E-state index contributed by atoms with van der Waals surface area (Å²) >= 11 is 1.81. The number of nitrogens with two attached hydrogens (primary N) is 1. The number of rotatable bonds is 2. The zero-order valence-corrected chi connectivity index (χ0v) is 8.17. The van der Waals surface area contributed by atoms with E-state index in [0.717, 1.165) is 6.61 Å². The van der Waals surface area contributed by atoms with E-state index >= 15 is 0 Å². The van der Waals surface area contributed by atoms with E-state index in [1.807, 2.05) is 30.0 Å². The van der Waals surface area contributed by atoms with Crippen LogP contribution in [0.2, 0.25) is 0 Å². The highest BCUT2D eigenvalue weighted by Gasteiger charge is 2.25. The predicted molar refractivity (Wildman–Crippen MR) is 54.9 cm³/mol. The van der Waals surface area contributed by atoms with E-state index in [0.29, 0.717) is 11.9 Å². The molecule has 2 rings (SSSR count). The van der Waals surface area contributed by atoms with Crippen molar-refractivity contribution < 1.29 is 4.74 Å². The molecule has 1 aliphatic rings. The lowest BCUT2D eigenvalue weighted by atomic mass is 10.3. The Bertz CT molecular complexity index is 265. The van der Waals surface area contributed by atoms with Crippen molar-refractivity contribution in [2.45, 2.75) is 16.2 Å². The van der Waals surface area contributed by atoms with Crippen LogP contribution >= 0.6 is 11.8 Å². The van der Waals surface area contributed by atoms with Crippen molar-refractivity contribution in [1.29, 1.82) is 0 Å². The molecule has 1 aromatic carbocycles. The molecule has 1 heterocycles. The number of thioether (sulfide) groups is 1. The molecule has 13 heavy (non-hydrogen) atoms. The molecule has 2 nitrogen and oxygen atoms in total. The summed E-state index contributed by atoms with van der Waals surface area (Å²) in [4.78, 5) is 1.27. The van der Waals surface area contributed by atoms with Gasteiger partial charge in [0.2, 0.25) is 0 Å². The van der Waals surface area contributed by atoms with Crippen LogP contribution in [0.3, 0.4) is 0 Å². The van der Waals surface area contributed by atoms with Gasteiger partial charge in [-0.25, -0.2) is 0 Å². The maximum atomic E-state index is 5.88. The Morgan fingerprint density at radius 1 is 1.23 bits per heavy atom. The van der Waals surface area contributed by atoms with Gasteiger partial charge < -0.3 is 10.5 Å². The van der Waals surface area contributed by atoms with Gasteiger partial charge in [0.25, 0.3) is 0 Å². The largest absolute Gasteiger partial charge is 0.379 e. The fourth-order valence-corrected chi connectivity index (χ4v) is 2.43. The molecule has 0 amide bonds. The van der Waals surface area contributed by atoms with Crippen molar-refractivity contribution in [3.05, 3.63) is 30.3 Å². The quantitative estimate of drug-likeness (QED) is 0.777. The van der Waals surface area contributed by atoms with Crippen molar-refractivity contribution in [2.24, 2.45) is 5.73 Å². The van der Waals surface area contributed by atoms with E-state index in [4.69, 9.17) is 10.5 Å². The van der Waals surface area contributed by atoms with Gasteiger partial charge in [-0.05, 0) is 12.1 Å². The molecule has 0 aromatic heterocycles. The molecular weight excluding hydrogens is 182 g/mol. The Morgan fingerprint density at radius 2 is 2.00 bits per heavy atom. The number of benzene rings is 1. The van der Waals surface area contributed by atoms with Crippen molar-refractivity contribution in [2.75, 3.05) is 13.2 Å². The first-order chi connectivity index (χ1) is 6.36. The van der Waals surface area contributed by atoms with E-state index in [1.165, 1.54) is 4.90 Å². The molecule has 3 heteroatoms. The van der Waals surface area contributed by atoms with Gasteiger partial charge in [-0.3, -0.25) is 0 Å². The lowest BCUT2D eigenvalue weighted by molar-refractivity contribution is 0.195. The summed E-state index contributed by atoms with van der Waals surface area (Å²) in [6, 6.07) is 10.5. The second kappa shape index (κ2) is 4.13. The van der Waals surface area contributed by atoms with Crippen LogP contribution in [0.15, 0.2) is 35.2 Å². The standard InChI is InChI=1S/C10H13NOS/c11-9-6-12-7-10(9)13-8-4-2-1-3-5-8/h1-5,9-10H,6-7,11H2. The topological polar surface area (TPSA) is 35.2 Å². The lowest BCUT2D eigenvalue weighted by Gasteiger charge is -2.11. The Hall–Kier alpha value is -0.510. The van der Waals surface area contributed by atoms with Crippen molar-refractivity contribution in [1.82, 2.24) is 0 Å². The molecule has 0 bridgehead atoms. The highest BCUT2D eigenvalue weighted by atomic mass is 32.2. The molecule has 1 saturated heterocycles. The molecule has 1 fully saturated rings. The van der Waals surface area contributed by atoms with Crippen LogP contribution in [0.4, 0.5) is 0 Å². The highest BCUT2D eigenvalue weighted by Crippen LogP contribution is 2.27. The molecule has 1 aliphatic heterocycles. The van der Waals surface area contributed by atoms with Crippen LogP contribution in [0, 0.1) is 0 Å². The second-order valence-corrected chi connectivity index (χ2v) is 4.48. The minimum Gasteiger partial charge on any atom is -0.379 e. The van der Waals surface area contributed by atoms with Crippen molar-refractivity contribution in [3.63, 3.8) is 0 Å². The van der Waals surface area contributed by atoms with Gasteiger partial charge in [0.15, 0.2) is 0 Å². The minimum atomic E-state index is 0.185. The normalized spacial score (nSPS) is 27.8. The predicted octanol–water partition coefficient (Wildman–Crippen LogP) is 1.50. The fraction of sp³-hybridized carbons (Fsp3) is 0.400. The molecule has 2 unspecified atom stereocenters. The summed E-state index contributed by atoms with van der Waals surface area (Å²) in [6.45, 7) is 1.48. The smallest absolute Gasteiger partial charge is 0.0629 e. The zero-order chi connectivity index (χ0) is 9.10. The fourth-order valence-electron chi connectivity index (χ4n) is 1.35. The van der Waals surface area contributed by atoms with E-state index < -0.39 is 0 Å². The average Bonchev–Trinajstić information content (AvgIpc) is 2.54. The maximum absolute atomic E-state index is 5.88. The van der Waals surface area contributed by atoms with E-state index in [-0.39, 0.29) is 6.04 Å². The molecule has 0 saturated carbocycles. The summed E-state index contributed by atoms with van der Waals surface area (Å²) in [5.41, 5.74) is 5.88. The number of hydrogen-bond donors (Lipinski definition) is 1. The molecule has 0 radical (unpaired) electrons. The molecule has 1 aromatic rings. The maximum Gasteiger partial charge on any atom is 0.0629 e. The van der Waals surface area contributed by atoms with Gasteiger partial charge >= 0.3 is 0 Å². The van der Waals surface area contributed by atoms with Gasteiger partial charge in [0.1, 0.15) is 0 Å². The first-order valence-corrected chi connectivity index (χ1v) is 5.29. The average molecular weight is 195 g/mol. The second-order valence-electron chi connectivity index (χ2n) is 3.17. The van der Waals surface area contributed by atoms with Gasteiger partial charge in [0.05, 0.1) is 18.5 Å². The first kappa shape index (κ1) is 9.06. The van der Waals surface area contributed by atoms with Crippen LogP contribution in [-0.2, 0) is 4.74 Å². The van der Waals surface area contributed by atoms with Gasteiger partial charge in [-0.2, -0.15) is 0 Å². The molecule has 2 atom stereocenters. The summed E-state index contributed by atoms with van der Waals surface area (Å²) in [5, 5.41) is 0.419. The van der Waals surface area contributed by atoms with Gasteiger partial charge in [-0.15, -0.1) is 11.8 Å². The van der Waals surface area contributed by atoms with Crippen LogP contribution in [0.1, 0.15) is 0 Å². The summed E-state index contributed by atoms with van der Waals surface area (Å²) < 4.78 is 5.30. The molecule has 0 spiro atoms. The third-order valence-corrected chi connectivity index (χ3v) is 3.43. The third-order valence-electron chi connectivity index (χ3n) is 2.10. The van der Waals surface area contributed by atoms with Crippen LogP contribution < -0.4 is 5.73 Å². The Labute approximate surface area is 82.5 Å². The van der Waals surface area contributed by atoms with E-state index in [1.54, 1.807) is 0 Å². The van der Waals surface area contributed by atoms with Gasteiger partial charge in [0, 0.05) is 10.9 Å². The van der Waals surface area contributed by atoms with E-state index in [9.17, 15) is 0 Å². The molecule has 2 N–H and O–H groups in total. The summed E-state index contributed by atoms with van der Waals surface area (Å²) in [7, 11) is 0. The molecule has 70 valence electrons. The summed E-state index contributed by atoms with van der Waals surface area (Å²) in [6.07, 6.45) is 0. The first-order valence-electron chi connectivity index (χ1n) is 4.41. The van der Waals surface area contributed by atoms with Crippen molar-refractivity contribution >= 4 is 11.8 Å². The molecular formula is C10H13NOS. The number of ether oxygens (including phenoxy) is 1. The van der Waals surface area contributed by atoms with Crippen molar-refractivity contribution in [3.8, 4) is 0 Å². The number of hydrogen-bond acceptors (Lipinski definition) is 3. The van der Waals surface area contributed by atoms with E-state index in [2.05, 4.69) is 12.1 Å². The Balaban J connectivity index is 1.98. The Morgan fingerprint density at radius 3 is 2.62 bits per heavy atom.